The highest BCUT2D eigenvalue weighted by Crippen LogP contribution is 2.07. The van der Waals surface area contributed by atoms with Gasteiger partial charge in [-0.15, -0.1) is 0 Å². The Morgan fingerprint density at radius 3 is 2.25 bits per heavy atom. The van der Waals surface area contributed by atoms with E-state index in [9.17, 15) is 0 Å². The van der Waals surface area contributed by atoms with Crippen molar-refractivity contribution < 1.29 is 4.74 Å². The van der Waals surface area contributed by atoms with Crippen LogP contribution in [0.4, 0.5) is 0 Å². The SMILES string of the molecule is C[Si](C)(C)CCOCCCCBr. The summed E-state index contributed by atoms with van der Waals surface area (Å²) in [4.78, 5) is 0. The molecular weight excluding hydrogens is 232 g/mol. The number of hydrogen-bond donors (Lipinski definition) is 0. The van der Waals surface area contributed by atoms with Crippen molar-refractivity contribution in [3.63, 3.8) is 0 Å². The lowest BCUT2D eigenvalue weighted by Crippen LogP contribution is -2.21. The molecule has 0 atom stereocenters. The average molecular weight is 253 g/mol. The molecule has 12 heavy (non-hydrogen) atoms. The van der Waals surface area contributed by atoms with Gasteiger partial charge in [0.2, 0.25) is 0 Å². The molecule has 0 aromatic heterocycles. The molecule has 0 aliphatic carbocycles. The first-order valence-corrected chi connectivity index (χ1v) is 9.53. The van der Waals surface area contributed by atoms with E-state index in [0.29, 0.717) is 0 Å². The second-order valence-electron chi connectivity index (χ2n) is 4.32. The molecule has 0 aliphatic heterocycles. The molecule has 0 saturated carbocycles. The lowest BCUT2D eigenvalue weighted by molar-refractivity contribution is 0.144. The zero-order valence-corrected chi connectivity index (χ0v) is 11.1. The van der Waals surface area contributed by atoms with Gasteiger partial charge in [0, 0.05) is 26.6 Å². The van der Waals surface area contributed by atoms with Gasteiger partial charge in [0.15, 0.2) is 0 Å². The molecule has 0 bridgehead atoms. The Morgan fingerprint density at radius 1 is 1.08 bits per heavy atom. The summed E-state index contributed by atoms with van der Waals surface area (Å²) in [5.74, 6) is 0. The normalized spacial score (nSPS) is 12.0. The Kier molecular flexibility index (Phi) is 7.49. The second-order valence-corrected chi connectivity index (χ2v) is 10.7. The molecule has 0 aliphatic rings. The third-order valence-corrected chi connectivity index (χ3v) is 3.93. The Labute approximate surface area is 86.0 Å². The molecule has 0 saturated heterocycles. The Balaban J connectivity index is 3.01. The third-order valence-electron chi connectivity index (χ3n) is 1.67. The van der Waals surface area contributed by atoms with Crippen molar-refractivity contribution in [1.82, 2.24) is 0 Å². The standard InChI is InChI=1S/C9H21BrOSi/c1-12(2,3)9-8-11-7-5-4-6-10/h4-9H2,1-3H3. The van der Waals surface area contributed by atoms with Gasteiger partial charge in [0.25, 0.3) is 0 Å². The zero-order chi connectivity index (χ0) is 9.45. The van der Waals surface area contributed by atoms with Crippen molar-refractivity contribution in [2.45, 2.75) is 38.5 Å². The van der Waals surface area contributed by atoms with E-state index in [4.69, 9.17) is 4.74 Å². The molecule has 0 fully saturated rings. The molecule has 0 unspecified atom stereocenters. The van der Waals surface area contributed by atoms with Gasteiger partial charge >= 0.3 is 0 Å². The molecule has 1 nitrogen and oxygen atoms in total. The van der Waals surface area contributed by atoms with Gasteiger partial charge in [-0.3, -0.25) is 0 Å². The Bertz CT molecular complexity index is 101. The lowest BCUT2D eigenvalue weighted by Gasteiger charge is -2.15. The predicted octanol–water partition coefficient (Wildman–Crippen LogP) is 3.52. The highest BCUT2D eigenvalue weighted by atomic mass is 79.9. The summed E-state index contributed by atoms with van der Waals surface area (Å²) in [6.45, 7) is 9.06. The van der Waals surface area contributed by atoms with Crippen LogP contribution in [0, 0.1) is 0 Å². The van der Waals surface area contributed by atoms with Crippen molar-refractivity contribution >= 4 is 24.0 Å². The fourth-order valence-corrected chi connectivity index (χ4v) is 1.93. The van der Waals surface area contributed by atoms with Crippen LogP contribution < -0.4 is 0 Å². The van der Waals surface area contributed by atoms with Crippen LogP contribution in [-0.2, 0) is 4.74 Å². The maximum absolute atomic E-state index is 5.53. The Hall–Kier alpha value is 0.657. The highest BCUT2D eigenvalue weighted by Gasteiger charge is 2.11. The number of ether oxygens (including phenoxy) is 1. The molecule has 0 aromatic rings. The van der Waals surface area contributed by atoms with Crippen LogP contribution in [0.2, 0.25) is 25.7 Å². The minimum Gasteiger partial charge on any atom is -0.382 e. The summed E-state index contributed by atoms with van der Waals surface area (Å²) in [5, 5.41) is 1.10. The minimum atomic E-state index is -0.860. The maximum atomic E-state index is 5.53. The smallest absolute Gasteiger partial charge is 0.0466 e. The molecular formula is C9H21BrOSi. The monoisotopic (exact) mass is 252 g/mol. The van der Waals surface area contributed by atoms with Gasteiger partial charge in [0.05, 0.1) is 0 Å². The third kappa shape index (κ3) is 10.7. The van der Waals surface area contributed by atoms with Crippen LogP contribution in [0.25, 0.3) is 0 Å². The van der Waals surface area contributed by atoms with Crippen LogP contribution in [0.1, 0.15) is 12.8 Å². The molecule has 0 N–H and O–H groups in total. The molecule has 74 valence electrons. The van der Waals surface area contributed by atoms with Gasteiger partial charge in [-0.25, -0.2) is 0 Å². The van der Waals surface area contributed by atoms with Gasteiger partial charge in [-0.05, 0) is 18.9 Å². The average Bonchev–Trinajstić information content (AvgIpc) is 1.94. The van der Waals surface area contributed by atoms with E-state index in [1.54, 1.807) is 0 Å². The summed E-state index contributed by atoms with van der Waals surface area (Å²) in [6.07, 6.45) is 2.42. The van der Waals surface area contributed by atoms with E-state index in [-0.39, 0.29) is 0 Å². The molecule has 0 spiro atoms. The van der Waals surface area contributed by atoms with Gasteiger partial charge in [-0.1, -0.05) is 35.6 Å². The van der Waals surface area contributed by atoms with Crippen LogP contribution in [0.15, 0.2) is 0 Å². The number of halogens is 1. The van der Waals surface area contributed by atoms with E-state index < -0.39 is 8.07 Å². The summed E-state index contributed by atoms with van der Waals surface area (Å²) in [5.41, 5.74) is 0. The van der Waals surface area contributed by atoms with Crippen LogP contribution in [-0.4, -0.2) is 26.6 Å². The second kappa shape index (κ2) is 7.10. The molecule has 0 rings (SSSR count). The van der Waals surface area contributed by atoms with E-state index >= 15 is 0 Å². The zero-order valence-electron chi connectivity index (χ0n) is 8.53. The van der Waals surface area contributed by atoms with E-state index in [1.807, 2.05) is 0 Å². The summed E-state index contributed by atoms with van der Waals surface area (Å²) in [6, 6.07) is 1.29. The first-order valence-electron chi connectivity index (χ1n) is 4.70. The van der Waals surface area contributed by atoms with Gasteiger partial charge < -0.3 is 4.74 Å². The number of hydrogen-bond acceptors (Lipinski definition) is 1. The molecule has 0 amide bonds. The molecule has 3 heteroatoms. The number of rotatable bonds is 7. The van der Waals surface area contributed by atoms with Crippen LogP contribution >= 0.6 is 15.9 Å². The van der Waals surface area contributed by atoms with E-state index in [0.717, 1.165) is 18.5 Å². The molecule has 0 radical (unpaired) electrons. The first-order chi connectivity index (χ1) is 5.56. The molecule has 0 aromatic carbocycles. The maximum Gasteiger partial charge on any atom is 0.0466 e. The van der Waals surface area contributed by atoms with Crippen molar-refractivity contribution in [2.75, 3.05) is 18.5 Å². The predicted molar refractivity (Wildman–Crippen MR) is 62.0 cm³/mol. The van der Waals surface area contributed by atoms with Crippen molar-refractivity contribution in [2.24, 2.45) is 0 Å². The highest BCUT2D eigenvalue weighted by molar-refractivity contribution is 9.09. The van der Waals surface area contributed by atoms with E-state index in [2.05, 4.69) is 35.6 Å². The minimum absolute atomic E-state index is 0.860. The van der Waals surface area contributed by atoms with Gasteiger partial charge in [0.1, 0.15) is 0 Å². The number of alkyl halides is 1. The number of unbranched alkanes of at least 4 members (excludes halogenated alkanes) is 1. The first kappa shape index (κ1) is 12.7. The van der Waals surface area contributed by atoms with Crippen molar-refractivity contribution in [3.05, 3.63) is 0 Å². The fourth-order valence-electron chi connectivity index (χ4n) is 0.779. The fraction of sp³-hybridized carbons (Fsp3) is 1.00. The van der Waals surface area contributed by atoms with Crippen LogP contribution in [0.5, 0.6) is 0 Å². The van der Waals surface area contributed by atoms with Gasteiger partial charge in [-0.2, -0.15) is 0 Å². The van der Waals surface area contributed by atoms with Crippen LogP contribution in [0.3, 0.4) is 0 Å². The largest absolute Gasteiger partial charge is 0.382 e. The Morgan fingerprint density at radius 2 is 1.75 bits per heavy atom. The van der Waals surface area contributed by atoms with Crippen molar-refractivity contribution in [3.8, 4) is 0 Å². The topological polar surface area (TPSA) is 9.23 Å². The van der Waals surface area contributed by atoms with E-state index in [1.165, 1.54) is 18.9 Å². The quantitative estimate of drug-likeness (QED) is 0.383. The summed E-state index contributed by atoms with van der Waals surface area (Å²) in [7, 11) is -0.860. The summed E-state index contributed by atoms with van der Waals surface area (Å²) >= 11 is 3.40. The lowest BCUT2D eigenvalue weighted by atomic mass is 10.4. The van der Waals surface area contributed by atoms with Crippen molar-refractivity contribution in [1.29, 1.82) is 0 Å². The molecule has 0 heterocycles. The summed E-state index contributed by atoms with van der Waals surface area (Å²) < 4.78 is 5.53.